The van der Waals surface area contributed by atoms with E-state index >= 15 is 0 Å². The van der Waals surface area contributed by atoms with Crippen LogP contribution in [0.15, 0.2) is 0 Å². The van der Waals surface area contributed by atoms with Gasteiger partial charge in [-0.05, 0) is 6.42 Å². The van der Waals surface area contributed by atoms with E-state index in [2.05, 4.69) is 6.92 Å². The second-order valence-corrected chi connectivity index (χ2v) is 12.7. The summed E-state index contributed by atoms with van der Waals surface area (Å²) >= 11 is 0. The SMILES string of the molecule is CCCCCCCCCCCCCCCCCCCCOC[C@H](CO)OP(=O)([O-])OCC[N+](C)(C)C. The van der Waals surface area contributed by atoms with Gasteiger partial charge in [-0.25, -0.2) is 0 Å². The Kier molecular flexibility index (Phi) is 24.1. The fourth-order valence-corrected chi connectivity index (χ4v) is 4.94. The third-order valence-electron chi connectivity index (χ3n) is 6.44. The summed E-state index contributed by atoms with van der Waals surface area (Å²) in [6.45, 7) is 3.02. The second kappa shape index (κ2) is 24.1. The molecule has 8 heteroatoms. The Morgan fingerprint density at radius 3 is 1.53 bits per heavy atom. The maximum Gasteiger partial charge on any atom is 0.268 e. The first kappa shape index (κ1) is 36.0. The molecule has 0 aliphatic heterocycles. The van der Waals surface area contributed by atoms with Gasteiger partial charge in [0.1, 0.15) is 19.3 Å². The normalized spacial score (nSPS) is 14.7. The number of likely N-dealkylation sites (N-methyl/N-ethyl adjacent to an activating group) is 1. The van der Waals surface area contributed by atoms with Crippen molar-refractivity contribution >= 4 is 7.82 Å². The van der Waals surface area contributed by atoms with Gasteiger partial charge in [0, 0.05) is 6.61 Å². The van der Waals surface area contributed by atoms with Gasteiger partial charge in [-0.2, -0.15) is 0 Å². The summed E-state index contributed by atoms with van der Waals surface area (Å²) in [6, 6.07) is 0. The lowest BCUT2D eigenvalue weighted by molar-refractivity contribution is -0.870. The first-order valence-corrected chi connectivity index (χ1v) is 16.3. The van der Waals surface area contributed by atoms with Crippen molar-refractivity contribution in [2.75, 3.05) is 54.1 Å². The number of ether oxygens (including phenoxy) is 1. The molecule has 0 aliphatic rings. The molecule has 0 heterocycles. The first-order valence-electron chi connectivity index (χ1n) is 14.8. The van der Waals surface area contributed by atoms with Gasteiger partial charge < -0.3 is 28.3 Å². The van der Waals surface area contributed by atoms with Crippen LogP contribution in [0, 0.1) is 0 Å². The van der Waals surface area contributed by atoms with Gasteiger partial charge in [-0.3, -0.25) is 4.57 Å². The van der Waals surface area contributed by atoms with Gasteiger partial charge in [0.2, 0.25) is 0 Å². The van der Waals surface area contributed by atoms with Gasteiger partial charge in [0.15, 0.2) is 0 Å². The highest BCUT2D eigenvalue weighted by Gasteiger charge is 2.19. The number of rotatable bonds is 28. The van der Waals surface area contributed by atoms with E-state index in [0.29, 0.717) is 17.6 Å². The Morgan fingerprint density at radius 2 is 1.14 bits per heavy atom. The monoisotopic (exact) mass is 537 g/mol. The largest absolute Gasteiger partial charge is 0.756 e. The molecule has 0 rings (SSSR count). The summed E-state index contributed by atoms with van der Waals surface area (Å²) in [5, 5.41) is 9.38. The summed E-state index contributed by atoms with van der Waals surface area (Å²) in [4.78, 5) is 11.9. The van der Waals surface area contributed by atoms with Crippen molar-refractivity contribution in [2.24, 2.45) is 0 Å². The van der Waals surface area contributed by atoms with Crippen molar-refractivity contribution in [1.82, 2.24) is 0 Å². The quantitative estimate of drug-likeness (QED) is 0.0686. The number of hydrogen-bond donors (Lipinski definition) is 1. The van der Waals surface area contributed by atoms with E-state index < -0.39 is 20.5 Å². The average molecular weight is 538 g/mol. The zero-order valence-electron chi connectivity index (χ0n) is 24.2. The van der Waals surface area contributed by atoms with Crippen molar-refractivity contribution in [2.45, 2.75) is 129 Å². The predicted octanol–water partition coefficient (Wildman–Crippen LogP) is 6.61. The Morgan fingerprint density at radius 1 is 0.722 bits per heavy atom. The molecular formula is C28H60NO6P. The molecule has 2 atom stereocenters. The predicted molar refractivity (Wildman–Crippen MR) is 148 cm³/mol. The van der Waals surface area contributed by atoms with Crippen molar-refractivity contribution in [3.63, 3.8) is 0 Å². The number of aliphatic hydroxyl groups excluding tert-OH is 1. The summed E-state index contributed by atoms with van der Waals surface area (Å²) in [5.74, 6) is 0. The van der Waals surface area contributed by atoms with Crippen LogP contribution < -0.4 is 4.89 Å². The lowest BCUT2D eigenvalue weighted by Gasteiger charge is -2.29. The van der Waals surface area contributed by atoms with Gasteiger partial charge in [-0.15, -0.1) is 0 Å². The van der Waals surface area contributed by atoms with E-state index in [1.165, 1.54) is 103 Å². The zero-order chi connectivity index (χ0) is 27.0. The summed E-state index contributed by atoms with van der Waals surface area (Å²) in [5.41, 5.74) is 0. The standard InChI is InChI=1S/C28H60NO6P/c1-5-6-7-8-9-10-11-12-13-14-15-16-17-18-19-20-21-22-24-33-27-28(26-30)35-36(31,32)34-25-23-29(2,3)4/h28,30H,5-27H2,1-4H3/t28-/m0/s1. The molecule has 0 saturated carbocycles. The van der Waals surface area contributed by atoms with Crippen LogP contribution in [0.5, 0.6) is 0 Å². The van der Waals surface area contributed by atoms with E-state index in [-0.39, 0.29) is 13.2 Å². The molecule has 36 heavy (non-hydrogen) atoms. The van der Waals surface area contributed by atoms with E-state index in [9.17, 15) is 14.6 Å². The summed E-state index contributed by atoms with van der Waals surface area (Å²) < 4.78 is 27.8. The van der Waals surface area contributed by atoms with Gasteiger partial charge in [0.25, 0.3) is 7.82 Å². The number of nitrogens with zero attached hydrogens (tertiary/aromatic N) is 1. The van der Waals surface area contributed by atoms with Crippen molar-refractivity contribution < 1.29 is 32.8 Å². The van der Waals surface area contributed by atoms with E-state index in [1.807, 2.05) is 21.1 Å². The fraction of sp³-hybridized carbons (Fsp3) is 1.00. The van der Waals surface area contributed by atoms with Gasteiger partial charge >= 0.3 is 0 Å². The molecule has 0 aromatic carbocycles. The Bertz CT molecular complexity index is 515. The molecule has 0 aliphatic carbocycles. The van der Waals surface area contributed by atoms with Gasteiger partial charge in [0.05, 0.1) is 34.4 Å². The highest BCUT2D eigenvalue weighted by molar-refractivity contribution is 7.45. The molecule has 0 spiro atoms. The molecule has 0 aromatic rings. The molecule has 0 saturated heterocycles. The molecule has 0 radical (unpaired) electrons. The molecule has 0 fully saturated rings. The van der Waals surface area contributed by atoms with E-state index in [0.717, 1.165) is 12.8 Å². The number of phosphoric acid groups is 1. The molecule has 0 aromatic heterocycles. The third-order valence-corrected chi connectivity index (χ3v) is 7.49. The zero-order valence-corrected chi connectivity index (χ0v) is 25.1. The van der Waals surface area contributed by atoms with Gasteiger partial charge in [-0.1, -0.05) is 116 Å². The lowest BCUT2D eigenvalue weighted by Crippen LogP contribution is -2.37. The van der Waals surface area contributed by atoms with Crippen LogP contribution in [0.4, 0.5) is 0 Å². The molecule has 0 amide bonds. The Labute approximate surface area is 223 Å². The minimum absolute atomic E-state index is 0.0420. The van der Waals surface area contributed by atoms with E-state index in [4.69, 9.17) is 13.8 Å². The Hall–Kier alpha value is -0.0100. The number of aliphatic hydroxyl groups is 1. The van der Waals surface area contributed by atoms with E-state index in [1.54, 1.807) is 0 Å². The van der Waals surface area contributed by atoms with Crippen molar-refractivity contribution in [3.05, 3.63) is 0 Å². The maximum absolute atomic E-state index is 11.9. The smallest absolute Gasteiger partial charge is 0.268 e. The minimum atomic E-state index is -4.45. The van der Waals surface area contributed by atoms with Crippen molar-refractivity contribution in [1.29, 1.82) is 0 Å². The maximum atomic E-state index is 11.9. The molecule has 1 unspecified atom stereocenters. The highest BCUT2D eigenvalue weighted by Crippen LogP contribution is 2.39. The Balaban J connectivity index is 3.45. The number of unbranched alkanes of at least 4 members (excludes halogenated alkanes) is 17. The minimum Gasteiger partial charge on any atom is -0.756 e. The van der Waals surface area contributed by atoms with Crippen LogP contribution in [-0.4, -0.2) is 69.8 Å². The van der Waals surface area contributed by atoms with Crippen LogP contribution in [0.3, 0.4) is 0 Å². The number of quaternary nitrogens is 1. The molecule has 1 N–H and O–H groups in total. The van der Waals surface area contributed by atoms with Crippen LogP contribution in [0.2, 0.25) is 0 Å². The molecule has 218 valence electrons. The van der Waals surface area contributed by atoms with Crippen LogP contribution in [0.25, 0.3) is 0 Å². The van der Waals surface area contributed by atoms with Crippen LogP contribution in [-0.2, 0) is 18.3 Å². The molecule has 0 bridgehead atoms. The number of phosphoric ester groups is 1. The number of hydrogen-bond acceptors (Lipinski definition) is 6. The topological polar surface area (TPSA) is 88.0 Å². The summed E-state index contributed by atoms with van der Waals surface area (Å²) in [7, 11) is 1.40. The van der Waals surface area contributed by atoms with Crippen LogP contribution in [0.1, 0.15) is 122 Å². The first-order chi connectivity index (χ1) is 17.2. The highest BCUT2D eigenvalue weighted by atomic mass is 31.2. The second-order valence-electron chi connectivity index (χ2n) is 11.3. The van der Waals surface area contributed by atoms with Crippen molar-refractivity contribution in [3.8, 4) is 0 Å². The fourth-order valence-electron chi connectivity index (χ4n) is 4.08. The molecule has 7 nitrogen and oxygen atoms in total. The summed E-state index contributed by atoms with van der Waals surface area (Å²) in [6.07, 6.45) is 23.1. The van der Waals surface area contributed by atoms with Crippen LogP contribution >= 0.6 is 7.82 Å². The molecular weight excluding hydrogens is 477 g/mol. The average Bonchev–Trinajstić information content (AvgIpc) is 2.81. The third kappa shape index (κ3) is 27.0. The lowest BCUT2D eigenvalue weighted by atomic mass is 10.0.